The molecule has 0 saturated carbocycles. The lowest BCUT2D eigenvalue weighted by atomic mass is 10.00. The molecule has 1 aliphatic heterocycles. The zero-order valence-electron chi connectivity index (χ0n) is 9.70. The van der Waals surface area contributed by atoms with Crippen LogP contribution in [0.2, 0.25) is 5.02 Å². The van der Waals surface area contributed by atoms with Crippen molar-refractivity contribution in [2.75, 3.05) is 13.1 Å². The van der Waals surface area contributed by atoms with Gasteiger partial charge in [-0.25, -0.2) is 9.97 Å². The van der Waals surface area contributed by atoms with Crippen LogP contribution in [0.3, 0.4) is 0 Å². The molecule has 88 valence electrons. The minimum Gasteiger partial charge on any atom is -0.316 e. The van der Waals surface area contributed by atoms with Gasteiger partial charge in [0.1, 0.15) is 5.82 Å². The molecule has 0 amide bonds. The Morgan fingerprint density at radius 3 is 3.00 bits per heavy atom. The molecule has 1 N–H and O–H groups in total. The molecule has 0 bridgehead atoms. The molecule has 1 aromatic carbocycles. The fourth-order valence-corrected chi connectivity index (χ4v) is 2.62. The molecule has 0 radical (unpaired) electrons. The second-order valence-corrected chi connectivity index (χ2v) is 4.94. The van der Waals surface area contributed by atoms with Crippen molar-refractivity contribution in [3.05, 3.63) is 34.7 Å². The van der Waals surface area contributed by atoms with Crippen LogP contribution in [0.5, 0.6) is 0 Å². The largest absolute Gasteiger partial charge is 0.316 e. The average Bonchev–Trinajstić information content (AvgIpc) is 2.82. The topological polar surface area (TPSA) is 37.8 Å². The molecule has 1 aromatic heterocycles. The minimum absolute atomic E-state index is 0.484. The number of aryl methyl sites for hydroxylation is 1. The average molecular weight is 248 g/mol. The van der Waals surface area contributed by atoms with Crippen LogP contribution in [-0.2, 0) is 0 Å². The van der Waals surface area contributed by atoms with E-state index in [1.54, 1.807) is 0 Å². The molecule has 1 unspecified atom stereocenters. The monoisotopic (exact) mass is 247 g/mol. The van der Waals surface area contributed by atoms with Crippen LogP contribution in [0.15, 0.2) is 18.2 Å². The van der Waals surface area contributed by atoms with E-state index in [9.17, 15) is 0 Å². The van der Waals surface area contributed by atoms with Gasteiger partial charge >= 0.3 is 0 Å². The Bertz CT molecular complexity index is 562. The normalized spacial score (nSPS) is 20.0. The van der Waals surface area contributed by atoms with Crippen LogP contribution in [-0.4, -0.2) is 23.1 Å². The lowest BCUT2D eigenvalue weighted by Crippen LogP contribution is -2.10. The summed E-state index contributed by atoms with van der Waals surface area (Å²) in [5.41, 5.74) is 2.13. The van der Waals surface area contributed by atoms with Crippen molar-refractivity contribution >= 4 is 22.5 Å². The van der Waals surface area contributed by atoms with Gasteiger partial charge in [-0.3, -0.25) is 0 Å². The first-order valence-corrected chi connectivity index (χ1v) is 6.26. The minimum atomic E-state index is 0.484. The quantitative estimate of drug-likeness (QED) is 0.842. The van der Waals surface area contributed by atoms with Gasteiger partial charge in [-0.1, -0.05) is 11.6 Å². The molecule has 2 heterocycles. The first-order valence-electron chi connectivity index (χ1n) is 5.88. The van der Waals surface area contributed by atoms with Crippen LogP contribution < -0.4 is 5.32 Å². The van der Waals surface area contributed by atoms with Crippen molar-refractivity contribution in [3.63, 3.8) is 0 Å². The number of nitrogens with zero attached hydrogens (tertiary/aromatic N) is 2. The Kier molecular flexibility index (Phi) is 2.73. The lowest BCUT2D eigenvalue weighted by molar-refractivity contribution is 0.735. The Morgan fingerprint density at radius 2 is 2.24 bits per heavy atom. The van der Waals surface area contributed by atoms with E-state index in [0.29, 0.717) is 5.92 Å². The summed E-state index contributed by atoms with van der Waals surface area (Å²) in [4.78, 5) is 9.07. The second kappa shape index (κ2) is 4.24. The van der Waals surface area contributed by atoms with E-state index in [4.69, 9.17) is 11.6 Å². The van der Waals surface area contributed by atoms with Gasteiger partial charge < -0.3 is 5.32 Å². The number of benzene rings is 1. The fourth-order valence-electron chi connectivity index (χ4n) is 2.44. The highest BCUT2D eigenvalue weighted by atomic mass is 35.5. The van der Waals surface area contributed by atoms with E-state index in [0.717, 1.165) is 47.0 Å². The number of fused-ring (bicyclic) bond motifs is 1. The summed E-state index contributed by atoms with van der Waals surface area (Å²) in [6.07, 6.45) is 1.14. The van der Waals surface area contributed by atoms with Crippen molar-refractivity contribution in [2.24, 2.45) is 0 Å². The maximum absolute atomic E-state index is 6.07. The van der Waals surface area contributed by atoms with Gasteiger partial charge in [-0.05, 0) is 38.1 Å². The van der Waals surface area contributed by atoms with E-state index in [-0.39, 0.29) is 0 Å². The number of hydrogen-bond acceptors (Lipinski definition) is 3. The number of nitrogens with one attached hydrogen (secondary N) is 1. The van der Waals surface area contributed by atoms with Gasteiger partial charge in [-0.2, -0.15) is 0 Å². The van der Waals surface area contributed by atoms with Crippen molar-refractivity contribution in [1.29, 1.82) is 0 Å². The Balaban J connectivity index is 2.23. The van der Waals surface area contributed by atoms with Crippen LogP contribution in [0.1, 0.15) is 23.9 Å². The van der Waals surface area contributed by atoms with Gasteiger partial charge in [0.2, 0.25) is 0 Å². The summed E-state index contributed by atoms with van der Waals surface area (Å²) in [6.45, 7) is 4.01. The highest BCUT2D eigenvalue weighted by molar-refractivity contribution is 6.31. The van der Waals surface area contributed by atoms with Crippen LogP contribution in [0, 0.1) is 6.92 Å². The second-order valence-electron chi connectivity index (χ2n) is 4.51. The molecular weight excluding hydrogens is 234 g/mol. The summed E-state index contributed by atoms with van der Waals surface area (Å²) < 4.78 is 0. The van der Waals surface area contributed by atoms with Gasteiger partial charge in [-0.15, -0.1) is 0 Å². The maximum atomic E-state index is 6.07. The third kappa shape index (κ3) is 2.01. The summed E-state index contributed by atoms with van der Waals surface area (Å²) in [7, 11) is 0. The number of rotatable bonds is 1. The van der Waals surface area contributed by atoms with Crippen LogP contribution in [0.4, 0.5) is 0 Å². The predicted molar refractivity (Wildman–Crippen MR) is 69.5 cm³/mol. The zero-order valence-corrected chi connectivity index (χ0v) is 10.5. The summed E-state index contributed by atoms with van der Waals surface area (Å²) >= 11 is 6.07. The lowest BCUT2D eigenvalue weighted by Gasteiger charge is -2.12. The van der Waals surface area contributed by atoms with Crippen molar-refractivity contribution in [3.8, 4) is 0 Å². The van der Waals surface area contributed by atoms with E-state index in [2.05, 4.69) is 15.3 Å². The molecule has 2 aromatic rings. The van der Waals surface area contributed by atoms with Gasteiger partial charge in [0.05, 0.1) is 11.2 Å². The SMILES string of the molecule is Cc1nc(C2CCNC2)c2cc(Cl)ccc2n1. The van der Waals surface area contributed by atoms with Gasteiger partial charge in [0.25, 0.3) is 0 Å². The third-order valence-electron chi connectivity index (χ3n) is 3.25. The first kappa shape index (κ1) is 10.9. The van der Waals surface area contributed by atoms with Crippen molar-refractivity contribution < 1.29 is 0 Å². The first-order chi connectivity index (χ1) is 8.24. The smallest absolute Gasteiger partial charge is 0.126 e. The molecule has 3 nitrogen and oxygen atoms in total. The molecule has 0 aliphatic carbocycles. The molecule has 1 aliphatic rings. The molecular formula is C13H14ClN3. The molecule has 0 spiro atoms. The van der Waals surface area contributed by atoms with Crippen molar-refractivity contribution in [2.45, 2.75) is 19.3 Å². The standard InChI is InChI=1S/C13H14ClN3/c1-8-16-12-3-2-10(14)6-11(12)13(17-8)9-4-5-15-7-9/h2-3,6,9,15H,4-5,7H2,1H3. The van der Waals surface area contributed by atoms with Crippen LogP contribution in [0.25, 0.3) is 10.9 Å². The third-order valence-corrected chi connectivity index (χ3v) is 3.48. The number of halogens is 1. The Labute approximate surface area is 105 Å². The summed E-state index contributed by atoms with van der Waals surface area (Å²) in [6, 6.07) is 5.83. The maximum Gasteiger partial charge on any atom is 0.126 e. The highest BCUT2D eigenvalue weighted by Gasteiger charge is 2.21. The van der Waals surface area contributed by atoms with Gasteiger partial charge in [0.15, 0.2) is 0 Å². The Morgan fingerprint density at radius 1 is 1.35 bits per heavy atom. The van der Waals surface area contributed by atoms with E-state index >= 15 is 0 Å². The molecule has 17 heavy (non-hydrogen) atoms. The van der Waals surface area contributed by atoms with E-state index < -0.39 is 0 Å². The summed E-state index contributed by atoms with van der Waals surface area (Å²) in [5, 5.41) is 5.22. The van der Waals surface area contributed by atoms with E-state index in [1.807, 2.05) is 25.1 Å². The Hall–Kier alpha value is -1.19. The van der Waals surface area contributed by atoms with Crippen molar-refractivity contribution in [1.82, 2.24) is 15.3 Å². The number of hydrogen-bond donors (Lipinski definition) is 1. The molecule has 1 fully saturated rings. The molecule has 3 rings (SSSR count). The molecule has 1 atom stereocenters. The summed E-state index contributed by atoms with van der Waals surface area (Å²) in [5.74, 6) is 1.32. The van der Waals surface area contributed by atoms with E-state index in [1.165, 1.54) is 0 Å². The predicted octanol–water partition coefficient (Wildman–Crippen LogP) is 2.67. The molecule has 4 heteroatoms. The highest BCUT2D eigenvalue weighted by Crippen LogP contribution is 2.29. The zero-order chi connectivity index (χ0) is 11.8. The van der Waals surface area contributed by atoms with Crippen LogP contribution >= 0.6 is 11.6 Å². The molecule has 1 saturated heterocycles. The van der Waals surface area contributed by atoms with Gasteiger partial charge in [0, 0.05) is 22.9 Å². The number of aromatic nitrogens is 2. The fraction of sp³-hybridized carbons (Fsp3) is 0.385.